The zero-order chi connectivity index (χ0) is 17.5. The summed E-state index contributed by atoms with van der Waals surface area (Å²) in [5.74, 6) is 0.152. The fourth-order valence-electron chi connectivity index (χ4n) is 3.25. The largest absolute Gasteiger partial charge is 0.370 e. The minimum Gasteiger partial charge on any atom is -0.370 e. The van der Waals surface area contributed by atoms with Crippen LogP contribution >= 0.6 is 0 Å². The van der Waals surface area contributed by atoms with Gasteiger partial charge >= 0.3 is 0 Å². The molecule has 1 aliphatic heterocycles. The number of rotatable bonds is 17. The van der Waals surface area contributed by atoms with Crippen LogP contribution in [0.25, 0.3) is 0 Å². The molecule has 0 saturated carbocycles. The molecule has 140 valence electrons. The fourth-order valence-corrected chi connectivity index (χ4v) is 3.25. The first kappa shape index (κ1) is 21.2. The molecule has 24 heavy (non-hydrogen) atoms. The van der Waals surface area contributed by atoms with E-state index in [9.17, 15) is 4.79 Å². The summed E-state index contributed by atoms with van der Waals surface area (Å²) in [5.41, 5.74) is 0. The van der Waals surface area contributed by atoms with Crippen LogP contribution in [-0.2, 0) is 9.53 Å². The Labute approximate surface area is 149 Å². The van der Waals surface area contributed by atoms with E-state index < -0.39 is 0 Å². The summed E-state index contributed by atoms with van der Waals surface area (Å²) in [6.45, 7) is 6.44. The van der Waals surface area contributed by atoms with Gasteiger partial charge in [0.15, 0.2) is 0 Å². The average molecular weight is 338 g/mol. The van der Waals surface area contributed by atoms with Crippen molar-refractivity contribution in [3.8, 4) is 0 Å². The molecule has 2 atom stereocenters. The maximum Gasteiger partial charge on any atom is 0.220 e. The van der Waals surface area contributed by atoms with Crippen LogP contribution in [0.2, 0.25) is 0 Å². The van der Waals surface area contributed by atoms with Gasteiger partial charge in [0.05, 0.1) is 12.2 Å². The van der Waals surface area contributed by atoms with E-state index in [1.165, 1.54) is 70.6 Å². The second-order valence-electron chi connectivity index (χ2n) is 7.17. The molecule has 3 nitrogen and oxygen atoms in total. The van der Waals surface area contributed by atoms with Crippen LogP contribution in [0.4, 0.5) is 0 Å². The van der Waals surface area contributed by atoms with E-state index in [1.807, 2.05) is 0 Å². The van der Waals surface area contributed by atoms with Gasteiger partial charge < -0.3 is 10.1 Å². The highest BCUT2D eigenvalue weighted by molar-refractivity contribution is 5.75. The van der Waals surface area contributed by atoms with Crippen LogP contribution in [-0.4, -0.2) is 24.7 Å². The molecule has 0 bridgehead atoms. The SMILES string of the molecule is C=CCNC(=O)CCCCCCCC1OC1CCCCCCCC. The number of ether oxygens (including phenoxy) is 1. The zero-order valence-corrected chi connectivity index (χ0v) is 15.9. The molecule has 0 radical (unpaired) electrons. The van der Waals surface area contributed by atoms with E-state index in [0.717, 1.165) is 12.8 Å². The van der Waals surface area contributed by atoms with Crippen molar-refractivity contribution >= 4 is 5.91 Å². The monoisotopic (exact) mass is 337 g/mol. The van der Waals surface area contributed by atoms with Crippen molar-refractivity contribution in [2.24, 2.45) is 0 Å². The van der Waals surface area contributed by atoms with Crippen LogP contribution in [0.1, 0.15) is 96.8 Å². The van der Waals surface area contributed by atoms with E-state index in [2.05, 4.69) is 18.8 Å². The van der Waals surface area contributed by atoms with E-state index in [-0.39, 0.29) is 5.91 Å². The molecule has 1 aliphatic rings. The third-order valence-corrected chi connectivity index (χ3v) is 4.87. The van der Waals surface area contributed by atoms with Gasteiger partial charge in [-0.3, -0.25) is 4.79 Å². The van der Waals surface area contributed by atoms with Crippen LogP contribution < -0.4 is 5.32 Å². The van der Waals surface area contributed by atoms with Crippen LogP contribution in [0.3, 0.4) is 0 Å². The molecule has 1 N–H and O–H groups in total. The summed E-state index contributed by atoms with van der Waals surface area (Å²) >= 11 is 0. The molecular formula is C21H39NO2. The maximum absolute atomic E-state index is 11.4. The smallest absolute Gasteiger partial charge is 0.220 e. The summed E-state index contributed by atoms with van der Waals surface area (Å²) in [6, 6.07) is 0. The molecule has 1 fully saturated rings. The molecular weight excluding hydrogens is 298 g/mol. The summed E-state index contributed by atoms with van der Waals surface area (Å²) in [7, 11) is 0. The Morgan fingerprint density at radius 3 is 2.04 bits per heavy atom. The second kappa shape index (κ2) is 14.5. The lowest BCUT2D eigenvalue weighted by atomic mass is 10.0. The fraction of sp³-hybridized carbons (Fsp3) is 0.857. The quantitative estimate of drug-likeness (QED) is 0.215. The number of epoxide rings is 1. The predicted octanol–water partition coefficient (Wildman–Crippen LogP) is 5.54. The van der Waals surface area contributed by atoms with Crippen LogP contribution in [0.5, 0.6) is 0 Å². The first-order valence-electron chi connectivity index (χ1n) is 10.3. The molecule has 0 aromatic heterocycles. The molecule has 1 heterocycles. The van der Waals surface area contributed by atoms with Crippen LogP contribution in [0, 0.1) is 0 Å². The standard InChI is InChI=1S/C21H39NO2/c1-3-5-6-7-9-12-15-19-20(24-19)16-13-10-8-11-14-17-21(23)22-18-4-2/h4,19-20H,2-3,5-18H2,1H3,(H,22,23). The van der Waals surface area contributed by atoms with Crippen molar-refractivity contribution < 1.29 is 9.53 Å². The Morgan fingerprint density at radius 1 is 0.917 bits per heavy atom. The van der Waals surface area contributed by atoms with Gasteiger partial charge in [-0.1, -0.05) is 77.2 Å². The summed E-state index contributed by atoms with van der Waals surface area (Å²) in [6.07, 6.45) is 20.2. The number of unbranched alkanes of at least 4 members (excludes halogenated alkanes) is 9. The normalized spacial score (nSPS) is 19.2. The van der Waals surface area contributed by atoms with Gasteiger partial charge in [0.1, 0.15) is 0 Å². The topological polar surface area (TPSA) is 41.6 Å². The van der Waals surface area contributed by atoms with Gasteiger partial charge in [-0.15, -0.1) is 6.58 Å². The number of carbonyl (C=O) groups excluding carboxylic acids is 1. The Hall–Kier alpha value is -0.830. The summed E-state index contributed by atoms with van der Waals surface area (Å²) < 4.78 is 5.78. The second-order valence-corrected chi connectivity index (χ2v) is 7.17. The van der Waals surface area contributed by atoms with Crippen LogP contribution in [0.15, 0.2) is 12.7 Å². The van der Waals surface area contributed by atoms with E-state index >= 15 is 0 Å². The van der Waals surface area contributed by atoms with Gasteiger partial charge in [0, 0.05) is 13.0 Å². The van der Waals surface area contributed by atoms with Crippen molar-refractivity contribution in [3.05, 3.63) is 12.7 Å². The number of hydrogen-bond acceptors (Lipinski definition) is 2. The molecule has 2 unspecified atom stereocenters. The lowest BCUT2D eigenvalue weighted by molar-refractivity contribution is -0.121. The molecule has 0 aliphatic carbocycles. The molecule has 3 heteroatoms. The third kappa shape index (κ3) is 11.7. The Kier molecular flexibility index (Phi) is 12.8. The van der Waals surface area contributed by atoms with Crippen molar-refractivity contribution in [2.45, 2.75) is 109 Å². The molecule has 1 amide bonds. The number of amides is 1. The van der Waals surface area contributed by atoms with Crippen molar-refractivity contribution in [2.75, 3.05) is 6.54 Å². The lowest BCUT2D eigenvalue weighted by Gasteiger charge is -2.02. The van der Waals surface area contributed by atoms with E-state index in [1.54, 1.807) is 6.08 Å². The highest BCUT2D eigenvalue weighted by Gasteiger charge is 2.36. The highest BCUT2D eigenvalue weighted by atomic mass is 16.6. The zero-order valence-electron chi connectivity index (χ0n) is 15.9. The Balaban J connectivity index is 1.78. The predicted molar refractivity (Wildman–Crippen MR) is 102 cm³/mol. The van der Waals surface area contributed by atoms with E-state index in [0.29, 0.717) is 25.2 Å². The van der Waals surface area contributed by atoms with Gasteiger partial charge in [0.25, 0.3) is 0 Å². The minimum atomic E-state index is 0.152. The van der Waals surface area contributed by atoms with Crippen molar-refractivity contribution in [1.82, 2.24) is 5.32 Å². The molecule has 1 saturated heterocycles. The van der Waals surface area contributed by atoms with Crippen molar-refractivity contribution in [1.29, 1.82) is 0 Å². The summed E-state index contributed by atoms with van der Waals surface area (Å²) in [4.78, 5) is 11.4. The van der Waals surface area contributed by atoms with Gasteiger partial charge in [-0.2, -0.15) is 0 Å². The lowest BCUT2D eigenvalue weighted by Crippen LogP contribution is -2.22. The number of carbonyl (C=O) groups is 1. The van der Waals surface area contributed by atoms with Gasteiger partial charge in [-0.05, 0) is 19.3 Å². The van der Waals surface area contributed by atoms with Crippen molar-refractivity contribution in [3.63, 3.8) is 0 Å². The Morgan fingerprint density at radius 2 is 1.46 bits per heavy atom. The molecule has 1 rings (SSSR count). The number of hydrogen-bond donors (Lipinski definition) is 1. The Bertz CT molecular complexity index is 330. The maximum atomic E-state index is 11.4. The average Bonchev–Trinajstić information content (AvgIpc) is 3.33. The number of nitrogens with one attached hydrogen (secondary N) is 1. The highest BCUT2D eigenvalue weighted by Crippen LogP contribution is 2.31. The first-order valence-corrected chi connectivity index (χ1v) is 10.3. The summed E-state index contributed by atoms with van der Waals surface area (Å²) in [5, 5.41) is 2.82. The van der Waals surface area contributed by atoms with E-state index in [4.69, 9.17) is 4.74 Å². The molecule has 0 aromatic rings. The first-order chi connectivity index (χ1) is 11.8. The minimum absolute atomic E-state index is 0.152. The third-order valence-electron chi connectivity index (χ3n) is 4.87. The molecule has 0 aromatic carbocycles. The van der Waals surface area contributed by atoms with Gasteiger partial charge in [0.2, 0.25) is 5.91 Å². The molecule has 0 spiro atoms. The van der Waals surface area contributed by atoms with Gasteiger partial charge in [-0.25, -0.2) is 0 Å².